The molecule has 3 heterocycles. The van der Waals surface area contributed by atoms with Crippen LogP contribution in [-0.4, -0.2) is 39.1 Å². The maximum atomic E-state index is 14.7. The van der Waals surface area contributed by atoms with Gasteiger partial charge in [0.1, 0.15) is 12.4 Å². The predicted molar refractivity (Wildman–Crippen MR) is 139 cm³/mol. The fourth-order valence-corrected chi connectivity index (χ4v) is 4.90. The molecule has 1 aliphatic carbocycles. The zero-order valence-electron chi connectivity index (χ0n) is 20.4. The Morgan fingerprint density at radius 1 is 1.11 bits per heavy atom. The van der Waals surface area contributed by atoms with Crippen molar-refractivity contribution in [3.63, 3.8) is 0 Å². The van der Waals surface area contributed by atoms with Gasteiger partial charge in [-0.15, -0.1) is 0 Å². The highest BCUT2D eigenvalue weighted by molar-refractivity contribution is 5.79. The smallest absolute Gasteiger partial charge is 0.410 e. The zero-order valence-corrected chi connectivity index (χ0v) is 20.4. The monoisotopic (exact) mass is 495 g/mol. The summed E-state index contributed by atoms with van der Waals surface area (Å²) in [4.78, 5) is 26.4. The molecule has 0 unspecified atom stereocenters. The summed E-state index contributed by atoms with van der Waals surface area (Å²) in [6, 6.07) is 15.5. The Bertz CT molecular complexity index is 1510. The van der Waals surface area contributed by atoms with E-state index in [2.05, 4.69) is 51.5 Å². The third kappa shape index (κ3) is 4.50. The first-order valence-corrected chi connectivity index (χ1v) is 12.3. The van der Waals surface area contributed by atoms with E-state index in [1.54, 1.807) is 18.5 Å². The van der Waals surface area contributed by atoms with Gasteiger partial charge < -0.3 is 15.0 Å². The Balaban J connectivity index is 1.14. The average Bonchev–Trinajstić information content (AvgIpc) is 3.65. The van der Waals surface area contributed by atoms with E-state index in [1.807, 2.05) is 24.5 Å². The maximum Gasteiger partial charge on any atom is 0.410 e. The molecule has 8 heteroatoms. The molecule has 2 aliphatic rings. The van der Waals surface area contributed by atoms with Crippen molar-refractivity contribution in [2.75, 3.05) is 18.5 Å². The Labute approximate surface area is 214 Å². The molecule has 0 atom stereocenters. The number of nitrogens with zero attached hydrogens (tertiary/aromatic N) is 4. The van der Waals surface area contributed by atoms with Gasteiger partial charge in [0.05, 0.1) is 18.6 Å². The van der Waals surface area contributed by atoms with Crippen LogP contribution in [0.2, 0.25) is 0 Å². The van der Waals surface area contributed by atoms with Gasteiger partial charge in [-0.25, -0.2) is 19.2 Å². The second-order valence-corrected chi connectivity index (χ2v) is 9.60. The van der Waals surface area contributed by atoms with E-state index in [4.69, 9.17) is 4.74 Å². The Kier molecular flexibility index (Phi) is 5.79. The number of carbonyl (C=O) groups is 1. The number of carbonyl (C=O) groups excluding carboxylic acids is 1. The third-order valence-corrected chi connectivity index (χ3v) is 7.32. The quantitative estimate of drug-likeness (QED) is 0.347. The number of anilines is 1. The fourth-order valence-electron chi connectivity index (χ4n) is 4.90. The summed E-state index contributed by atoms with van der Waals surface area (Å²) >= 11 is 0. The molecule has 1 saturated heterocycles. The minimum Gasteiger partial charge on any atom is -0.448 e. The molecule has 1 saturated carbocycles. The number of aromatic nitrogens is 3. The summed E-state index contributed by atoms with van der Waals surface area (Å²) in [5.41, 5.74) is 5.38. The van der Waals surface area contributed by atoms with Crippen molar-refractivity contribution >= 4 is 22.9 Å². The molecule has 2 aromatic heterocycles. The highest BCUT2D eigenvalue weighted by Gasteiger charge is 2.45. The number of nitrogens with one attached hydrogen (secondary N) is 1. The number of benzene rings is 2. The Morgan fingerprint density at radius 3 is 2.68 bits per heavy atom. The van der Waals surface area contributed by atoms with Gasteiger partial charge in [-0.05, 0) is 60.7 Å². The number of pyridine rings is 1. The van der Waals surface area contributed by atoms with Crippen LogP contribution in [0.4, 0.5) is 15.1 Å². The van der Waals surface area contributed by atoms with Gasteiger partial charge in [-0.1, -0.05) is 24.3 Å². The van der Waals surface area contributed by atoms with Gasteiger partial charge in [0, 0.05) is 46.7 Å². The number of fused-ring (bicyclic) bond motifs is 1. The van der Waals surface area contributed by atoms with Crippen LogP contribution >= 0.6 is 0 Å². The van der Waals surface area contributed by atoms with Crippen LogP contribution < -0.4 is 5.32 Å². The van der Waals surface area contributed by atoms with Crippen molar-refractivity contribution in [2.24, 2.45) is 0 Å². The van der Waals surface area contributed by atoms with Crippen LogP contribution in [0.25, 0.3) is 22.0 Å². The molecule has 2 aromatic carbocycles. The largest absolute Gasteiger partial charge is 0.448 e. The van der Waals surface area contributed by atoms with Crippen LogP contribution in [0.15, 0.2) is 78.9 Å². The minimum absolute atomic E-state index is 0.0298. The van der Waals surface area contributed by atoms with Crippen LogP contribution in [-0.2, 0) is 16.7 Å². The third-order valence-electron chi connectivity index (χ3n) is 7.32. The molecule has 1 N–H and O–H groups in total. The molecule has 0 bridgehead atoms. The molecular weight excluding hydrogens is 469 g/mol. The number of halogens is 1. The predicted octanol–water partition coefficient (Wildman–Crippen LogP) is 5.83. The van der Waals surface area contributed by atoms with E-state index < -0.39 is 6.09 Å². The SMILES string of the molecule is C/C(=C\Nc1ncc(-c2ccc(CN3CCOC3=O)c(F)c2)cn1)C1(c2ccc3ncccc3c2)CC1. The lowest BCUT2D eigenvalue weighted by molar-refractivity contribution is 0.157. The molecule has 2 fully saturated rings. The van der Waals surface area contributed by atoms with Crippen LogP contribution in [0.3, 0.4) is 0 Å². The van der Waals surface area contributed by atoms with Gasteiger partial charge in [0.2, 0.25) is 5.95 Å². The number of hydrogen-bond donors (Lipinski definition) is 1. The van der Waals surface area contributed by atoms with Crippen molar-refractivity contribution in [1.29, 1.82) is 0 Å². The van der Waals surface area contributed by atoms with E-state index in [0.29, 0.717) is 35.8 Å². The highest BCUT2D eigenvalue weighted by Crippen LogP contribution is 2.54. The van der Waals surface area contributed by atoms with E-state index in [-0.39, 0.29) is 17.8 Å². The van der Waals surface area contributed by atoms with Gasteiger partial charge in [0.15, 0.2) is 0 Å². The first-order chi connectivity index (χ1) is 18.0. The van der Waals surface area contributed by atoms with Crippen LogP contribution in [0.1, 0.15) is 30.9 Å². The lowest BCUT2D eigenvalue weighted by Gasteiger charge is -2.18. The second-order valence-electron chi connectivity index (χ2n) is 9.60. The van der Waals surface area contributed by atoms with Crippen molar-refractivity contribution in [1.82, 2.24) is 19.9 Å². The van der Waals surface area contributed by atoms with E-state index in [0.717, 1.165) is 23.7 Å². The molecule has 4 aromatic rings. The molecule has 1 amide bonds. The standard InChI is InChI=1S/C29H26FN5O2/c1-19(29(8-9-29)24-6-7-26-21(13-24)3-2-10-31-26)15-32-27-33-16-23(17-34-27)20-4-5-22(25(30)14-20)18-35-11-12-37-28(35)36/h2-7,10,13-17H,8-9,11-12,18H2,1H3,(H,32,33,34)/b19-15+. The molecule has 37 heavy (non-hydrogen) atoms. The lowest BCUT2D eigenvalue weighted by Crippen LogP contribution is -2.24. The Morgan fingerprint density at radius 2 is 1.95 bits per heavy atom. The summed E-state index contributed by atoms with van der Waals surface area (Å²) in [6.45, 7) is 3.13. The van der Waals surface area contributed by atoms with Gasteiger partial charge in [-0.2, -0.15) is 0 Å². The average molecular weight is 496 g/mol. The summed E-state index contributed by atoms with van der Waals surface area (Å²) in [5.74, 6) is 0.100. The molecule has 6 rings (SSSR count). The van der Waals surface area contributed by atoms with Crippen molar-refractivity contribution in [2.45, 2.75) is 31.7 Å². The normalized spacial score (nSPS) is 16.6. The van der Waals surface area contributed by atoms with Crippen molar-refractivity contribution in [3.05, 3.63) is 95.8 Å². The highest BCUT2D eigenvalue weighted by atomic mass is 19.1. The van der Waals surface area contributed by atoms with Crippen molar-refractivity contribution in [3.8, 4) is 11.1 Å². The Hall–Kier alpha value is -4.33. The van der Waals surface area contributed by atoms with Crippen molar-refractivity contribution < 1.29 is 13.9 Å². The lowest BCUT2D eigenvalue weighted by atomic mass is 9.88. The molecule has 0 spiro atoms. The molecular formula is C29H26FN5O2. The maximum absolute atomic E-state index is 14.7. The summed E-state index contributed by atoms with van der Waals surface area (Å²) in [7, 11) is 0. The number of hydrogen-bond acceptors (Lipinski definition) is 6. The number of allylic oxidation sites excluding steroid dienone is 1. The second kappa shape index (κ2) is 9.28. The zero-order chi connectivity index (χ0) is 25.4. The van der Waals surface area contributed by atoms with Gasteiger partial charge >= 0.3 is 6.09 Å². The number of cyclic esters (lactones) is 1. The van der Waals surface area contributed by atoms with Crippen LogP contribution in [0.5, 0.6) is 0 Å². The van der Waals surface area contributed by atoms with E-state index >= 15 is 0 Å². The summed E-state index contributed by atoms with van der Waals surface area (Å²) in [6.07, 6.45) is 8.93. The molecule has 7 nitrogen and oxygen atoms in total. The molecule has 0 radical (unpaired) electrons. The fraction of sp³-hybridized carbons (Fsp3) is 0.241. The number of ether oxygens (including phenoxy) is 1. The first-order valence-electron chi connectivity index (χ1n) is 12.3. The van der Waals surface area contributed by atoms with Gasteiger partial charge in [-0.3, -0.25) is 4.98 Å². The minimum atomic E-state index is -0.411. The molecule has 186 valence electrons. The van der Waals surface area contributed by atoms with Crippen LogP contribution in [0, 0.1) is 5.82 Å². The number of rotatable bonds is 7. The number of amides is 1. The van der Waals surface area contributed by atoms with E-state index in [9.17, 15) is 9.18 Å². The van der Waals surface area contributed by atoms with E-state index in [1.165, 1.54) is 22.1 Å². The molecule has 1 aliphatic heterocycles. The summed E-state index contributed by atoms with van der Waals surface area (Å²) in [5, 5.41) is 4.37. The first kappa shape index (κ1) is 23.1. The topological polar surface area (TPSA) is 80.2 Å². The van der Waals surface area contributed by atoms with Gasteiger partial charge in [0.25, 0.3) is 0 Å². The summed E-state index contributed by atoms with van der Waals surface area (Å²) < 4.78 is 19.6.